The molecule has 1 amide bonds. The van der Waals surface area contributed by atoms with Crippen LogP contribution in [0.15, 0.2) is 53.0 Å². The molecule has 4 aromatic rings. The summed E-state index contributed by atoms with van der Waals surface area (Å²) in [6.07, 6.45) is 6.35. The summed E-state index contributed by atoms with van der Waals surface area (Å²) in [5, 5.41) is 17.9. The van der Waals surface area contributed by atoms with E-state index in [1.54, 1.807) is 17.3 Å². The lowest BCUT2D eigenvalue weighted by atomic mass is 9.97. The molecule has 11 heteroatoms. The summed E-state index contributed by atoms with van der Waals surface area (Å²) >= 11 is 1.39. The number of aromatic nitrogens is 6. The number of nitrogens with one attached hydrogen (secondary N) is 1. The van der Waals surface area contributed by atoms with Crippen LogP contribution in [0.1, 0.15) is 12.8 Å². The fourth-order valence-corrected chi connectivity index (χ4v) is 4.11. The van der Waals surface area contributed by atoms with Crippen LogP contribution in [-0.4, -0.2) is 48.9 Å². The van der Waals surface area contributed by atoms with E-state index >= 15 is 0 Å². The Bertz CT molecular complexity index is 1110. The Hall–Kier alpha value is -3.60. The molecule has 1 unspecified atom stereocenters. The number of furan rings is 1. The summed E-state index contributed by atoms with van der Waals surface area (Å²) in [5.74, 6) is 1.84. The first-order chi connectivity index (χ1) is 14.8. The molecule has 0 saturated carbocycles. The molecule has 4 aromatic heterocycles. The maximum atomic E-state index is 12.8. The first-order valence-electron chi connectivity index (χ1n) is 9.50. The number of hydrogen-bond donors (Lipinski definition) is 1. The van der Waals surface area contributed by atoms with Gasteiger partial charge >= 0.3 is 0 Å². The number of carbonyl (C=O) groups is 1. The van der Waals surface area contributed by atoms with Gasteiger partial charge in [0.15, 0.2) is 22.5 Å². The lowest BCUT2D eigenvalue weighted by Crippen LogP contribution is -2.41. The average molecular weight is 422 g/mol. The topological polar surface area (TPSA) is 115 Å². The lowest BCUT2D eigenvalue weighted by molar-refractivity contribution is -0.120. The van der Waals surface area contributed by atoms with Crippen LogP contribution < -0.4 is 10.2 Å². The van der Waals surface area contributed by atoms with Crippen LogP contribution in [0, 0.1) is 5.92 Å². The van der Waals surface area contributed by atoms with Crippen LogP contribution in [0.25, 0.3) is 17.3 Å². The van der Waals surface area contributed by atoms with Crippen molar-refractivity contribution in [1.29, 1.82) is 0 Å². The fourth-order valence-electron chi connectivity index (χ4n) is 3.41. The molecule has 10 nitrogen and oxygen atoms in total. The summed E-state index contributed by atoms with van der Waals surface area (Å²) in [6, 6.07) is 7.38. The van der Waals surface area contributed by atoms with Crippen molar-refractivity contribution in [3.05, 3.63) is 48.6 Å². The van der Waals surface area contributed by atoms with Gasteiger partial charge in [0, 0.05) is 18.5 Å². The highest BCUT2D eigenvalue weighted by Crippen LogP contribution is 2.27. The molecule has 30 heavy (non-hydrogen) atoms. The average Bonchev–Trinajstić information content (AvgIpc) is 3.56. The number of rotatable bonds is 5. The van der Waals surface area contributed by atoms with Gasteiger partial charge < -0.3 is 14.6 Å². The Kier molecular flexibility index (Phi) is 4.93. The Morgan fingerprint density at radius 3 is 2.90 bits per heavy atom. The minimum Gasteiger partial charge on any atom is -0.463 e. The molecule has 0 spiro atoms. The van der Waals surface area contributed by atoms with Crippen molar-refractivity contribution in [1.82, 2.24) is 29.9 Å². The molecule has 0 bridgehead atoms. The van der Waals surface area contributed by atoms with Crippen molar-refractivity contribution in [2.24, 2.45) is 5.92 Å². The third kappa shape index (κ3) is 3.79. The summed E-state index contributed by atoms with van der Waals surface area (Å²) in [4.78, 5) is 23.2. The molecule has 0 aromatic carbocycles. The van der Waals surface area contributed by atoms with Crippen molar-refractivity contribution >= 4 is 28.2 Å². The van der Waals surface area contributed by atoms with E-state index in [1.807, 2.05) is 29.6 Å². The maximum absolute atomic E-state index is 12.8. The highest BCUT2D eigenvalue weighted by Gasteiger charge is 2.27. The van der Waals surface area contributed by atoms with Crippen LogP contribution in [-0.2, 0) is 4.79 Å². The number of amides is 1. The van der Waals surface area contributed by atoms with Gasteiger partial charge in [-0.15, -0.1) is 21.5 Å². The number of thiazole rings is 1. The van der Waals surface area contributed by atoms with Gasteiger partial charge in [0.05, 0.1) is 12.2 Å². The summed E-state index contributed by atoms with van der Waals surface area (Å²) in [6.45, 7) is 1.42. The second-order valence-corrected chi connectivity index (χ2v) is 7.74. The van der Waals surface area contributed by atoms with E-state index in [-0.39, 0.29) is 11.8 Å². The highest BCUT2D eigenvalue weighted by atomic mass is 32.1. The van der Waals surface area contributed by atoms with Crippen LogP contribution in [0.2, 0.25) is 0 Å². The first-order valence-corrected chi connectivity index (χ1v) is 10.4. The van der Waals surface area contributed by atoms with Crippen molar-refractivity contribution < 1.29 is 9.21 Å². The zero-order valence-corrected chi connectivity index (χ0v) is 16.7. The second-order valence-electron chi connectivity index (χ2n) is 6.88. The van der Waals surface area contributed by atoms with Gasteiger partial charge in [-0.25, -0.2) is 14.6 Å². The van der Waals surface area contributed by atoms with E-state index in [1.165, 1.54) is 17.7 Å². The maximum Gasteiger partial charge on any atom is 0.231 e. The molecule has 5 rings (SSSR count). The van der Waals surface area contributed by atoms with E-state index in [0.29, 0.717) is 28.9 Å². The first kappa shape index (κ1) is 18.4. The molecule has 1 aliphatic heterocycles. The molecule has 1 atom stereocenters. The summed E-state index contributed by atoms with van der Waals surface area (Å²) in [5.41, 5.74) is 0.716. The molecular weight excluding hydrogens is 404 g/mol. The standard InChI is InChI=1S/C19H18N8O2S/c28-18(23-19-22-14(10-30-19)15-4-2-8-29-15)13-3-1-7-26(9-13)16-5-6-17(25-24-16)27-12-20-11-21-27/h2,4-6,8,10-13H,1,3,7,9H2,(H,22,23,28). The van der Waals surface area contributed by atoms with Gasteiger partial charge in [0.25, 0.3) is 0 Å². The Morgan fingerprint density at radius 2 is 2.13 bits per heavy atom. The van der Waals surface area contributed by atoms with Gasteiger partial charge in [-0.3, -0.25) is 4.79 Å². The van der Waals surface area contributed by atoms with E-state index in [0.717, 1.165) is 25.2 Å². The minimum atomic E-state index is -0.147. The molecule has 5 heterocycles. The summed E-state index contributed by atoms with van der Waals surface area (Å²) in [7, 11) is 0. The Morgan fingerprint density at radius 1 is 1.23 bits per heavy atom. The molecule has 1 N–H and O–H groups in total. The number of piperidine rings is 1. The molecule has 1 fully saturated rings. The minimum absolute atomic E-state index is 0.0350. The highest BCUT2D eigenvalue weighted by molar-refractivity contribution is 7.14. The van der Waals surface area contributed by atoms with Crippen LogP contribution in [0.3, 0.4) is 0 Å². The largest absolute Gasteiger partial charge is 0.463 e. The van der Waals surface area contributed by atoms with Crippen molar-refractivity contribution in [2.45, 2.75) is 12.8 Å². The Balaban J connectivity index is 1.23. The van der Waals surface area contributed by atoms with E-state index in [4.69, 9.17) is 4.42 Å². The quantitative estimate of drug-likeness (QED) is 0.522. The van der Waals surface area contributed by atoms with Crippen molar-refractivity contribution in [2.75, 3.05) is 23.3 Å². The lowest BCUT2D eigenvalue weighted by Gasteiger charge is -2.32. The van der Waals surface area contributed by atoms with E-state index in [2.05, 4.69) is 35.5 Å². The third-order valence-electron chi connectivity index (χ3n) is 4.91. The van der Waals surface area contributed by atoms with Crippen LogP contribution >= 0.6 is 11.3 Å². The van der Waals surface area contributed by atoms with Gasteiger partial charge in [-0.2, -0.15) is 5.10 Å². The molecular formula is C19H18N8O2S. The van der Waals surface area contributed by atoms with Crippen molar-refractivity contribution in [3.63, 3.8) is 0 Å². The molecule has 0 radical (unpaired) electrons. The molecule has 1 saturated heterocycles. The van der Waals surface area contributed by atoms with Crippen molar-refractivity contribution in [3.8, 4) is 17.3 Å². The van der Waals surface area contributed by atoms with Crippen LogP contribution in [0.4, 0.5) is 10.9 Å². The predicted molar refractivity (Wildman–Crippen MR) is 110 cm³/mol. The normalized spacial score (nSPS) is 16.5. The summed E-state index contributed by atoms with van der Waals surface area (Å²) < 4.78 is 6.90. The number of carbonyl (C=O) groups excluding carboxylic acids is 1. The molecule has 0 aliphatic carbocycles. The molecule has 1 aliphatic rings. The number of anilines is 2. The van der Waals surface area contributed by atoms with Crippen LogP contribution in [0.5, 0.6) is 0 Å². The molecule has 152 valence electrons. The number of nitrogens with zero attached hydrogens (tertiary/aromatic N) is 7. The third-order valence-corrected chi connectivity index (χ3v) is 5.67. The SMILES string of the molecule is O=C(Nc1nc(-c2ccco2)cs1)C1CCCN(c2ccc(-n3cncn3)nn2)C1. The van der Waals surface area contributed by atoms with Gasteiger partial charge in [0.1, 0.15) is 18.3 Å². The smallest absolute Gasteiger partial charge is 0.231 e. The van der Waals surface area contributed by atoms with Gasteiger partial charge in [0.2, 0.25) is 5.91 Å². The van der Waals surface area contributed by atoms with Gasteiger partial charge in [-0.1, -0.05) is 0 Å². The fraction of sp³-hybridized carbons (Fsp3) is 0.263. The van der Waals surface area contributed by atoms with E-state index in [9.17, 15) is 4.79 Å². The second kappa shape index (κ2) is 8.03. The predicted octanol–water partition coefficient (Wildman–Crippen LogP) is 2.63. The zero-order valence-electron chi connectivity index (χ0n) is 15.9. The van der Waals surface area contributed by atoms with Gasteiger partial charge in [-0.05, 0) is 37.1 Å². The van der Waals surface area contributed by atoms with E-state index < -0.39 is 0 Å². The zero-order chi connectivity index (χ0) is 20.3. The monoisotopic (exact) mass is 422 g/mol. The Labute approximate surface area is 175 Å². The number of hydrogen-bond acceptors (Lipinski definition) is 9.